The van der Waals surface area contributed by atoms with Crippen LogP contribution in [0.25, 0.3) is 32.7 Å². The normalized spacial score (nSPS) is 12.2. The summed E-state index contributed by atoms with van der Waals surface area (Å²) in [5.41, 5.74) is 7.46. The molecule has 0 radical (unpaired) electrons. The quantitative estimate of drug-likeness (QED) is 0.0783. The van der Waals surface area contributed by atoms with Gasteiger partial charge in [-0.25, -0.2) is 4.79 Å². The number of amides is 2. The zero-order valence-corrected chi connectivity index (χ0v) is 26.6. The minimum Gasteiger partial charge on any atom is -0.493 e. The van der Waals surface area contributed by atoms with Gasteiger partial charge in [0.15, 0.2) is 0 Å². The van der Waals surface area contributed by atoms with E-state index in [1.165, 1.54) is 14.0 Å². The number of nitrogens with one attached hydrogen (secondary N) is 2. The van der Waals surface area contributed by atoms with Gasteiger partial charge in [0.05, 0.1) is 13.7 Å². The van der Waals surface area contributed by atoms with Crippen molar-refractivity contribution in [1.82, 2.24) is 10.6 Å². The molecule has 4 aromatic carbocycles. The summed E-state index contributed by atoms with van der Waals surface area (Å²) >= 11 is 0. The van der Waals surface area contributed by atoms with Crippen LogP contribution in [0.4, 0.5) is 0 Å². The number of carbonyl (C=O) groups is 3. The molecular weight excluding hydrogens is 582 g/mol. The van der Waals surface area contributed by atoms with Crippen LogP contribution in [-0.2, 0) is 19.1 Å². The van der Waals surface area contributed by atoms with Crippen molar-refractivity contribution < 1.29 is 28.6 Å². The molecule has 1 unspecified atom stereocenters. The first-order chi connectivity index (χ1) is 22.4. The third-order valence-corrected chi connectivity index (χ3v) is 7.71. The van der Waals surface area contributed by atoms with Crippen LogP contribution in [0.3, 0.4) is 0 Å². The highest BCUT2D eigenvalue weighted by Crippen LogP contribution is 2.45. The SMILES string of the molecule is C=CCOc1ccc2ccccc2c1-c1c(OCCCC(=O)N[C@H](CCCCN)C(=O)NC(C)C(=O)OC)ccc2ccccc12. The lowest BCUT2D eigenvalue weighted by molar-refractivity contribution is -0.144. The number of methoxy groups -OCH3 is 1. The number of benzene rings is 4. The van der Waals surface area contributed by atoms with Gasteiger partial charge < -0.3 is 30.6 Å². The summed E-state index contributed by atoms with van der Waals surface area (Å²) in [5, 5.41) is 9.63. The minimum absolute atomic E-state index is 0.151. The van der Waals surface area contributed by atoms with Gasteiger partial charge in [-0.3, -0.25) is 9.59 Å². The molecule has 0 saturated heterocycles. The lowest BCUT2D eigenvalue weighted by atomic mass is 9.92. The maximum atomic E-state index is 12.9. The first-order valence-corrected chi connectivity index (χ1v) is 15.7. The molecule has 9 nitrogen and oxygen atoms in total. The molecule has 0 aliphatic carbocycles. The van der Waals surface area contributed by atoms with Crippen LogP contribution in [0.5, 0.6) is 11.5 Å². The van der Waals surface area contributed by atoms with E-state index in [4.69, 9.17) is 19.9 Å². The monoisotopic (exact) mass is 625 g/mol. The molecule has 242 valence electrons. The molecule has 0 heterocycles. The van der Waals surface area contributed by atoms with Crippen LogP contribution in [0.2, 0.25) is 0 Å². The summed E-state index contributed by atoms with van der Waals surface area (Å²) in [7, 11) is 1.26. The Morgan fingerprint density at radius 2 is 1.43 bits per heavy atom. The molecule has 0 aliphatic heterocycles. The van der Waals surface area contributed by atoms with Crippen molar-refractivity contribution in [3.63, 3.8) is 0 Å². The Morgan fingerprint density at radius 1 is 0.826 bits per heavy atom. The minimum atomic E-state index is -0.833. The van der Waals surface area contributed by atoms with E-state index in [0.29, 0.717) is 44.6 Å². The van der Waals surface area contributed by atoms with Gasteiger partial charge in [-0.2, -0.15) is 0 Å². The average molecular weight is 626 g/mol. The summed E-state index contributed by atoms with van der Waals surface area (Å²) in [6, 6.07) is 22.7. The number of nitrogens with two attached hydrogens (primary N) is 1. The van der Waals surface area contributed by atoms with Crippen LogP contribution >= 0.6 is 0 Å². The number of unbranched alkanes of at least 4 members (excludes halogenated alkanes) is 1. The third kappa shape index (κ3) is 8.63. The Balaban J connectivity index is 1.52. The van der Waals surface area contributed by atoms with E-state index in [-0.39, 0.29) is 18.9 Å². The molecule has 0 saturated carbocycles. The summed E-state index contributed by atoms with van der Waals surface area (Å²) in [6.07, 6.45) is 4.06. The zero-order valence-electron chi connectivity index (χ0n) is 26.6. The highest BCUT2D eigenvalue weighted by Gasteiger charge is 2.24. The van der Waals surface area contributed by atoms with Crippen LogP contribution in [0.1, 0.15) is 39.0 Å². The predicted octanol–water partition coefficient (Wildman–Crippen LogP) is 5.68. The Labute approximate surface area is 270 Å². The van der Waals surface area contributed by atoms with E-state index in [1.807, 2.05) is 48.5 Å². The summed E-state index contributed by atoms with van der Waals surface area (Å²) in [6.45, 7) is 6.46. The molecule has 2 amide bonds. The van der Waals surface area contributed by atoms with E-state index in [1.54, 1.807) is 6.08 Å². The number of hydrogen-bond donors (Lipinski definition) is 3. The van der Waals surface area contributed by atoms with E-state index < -0.39 is 24.0 Å². The Hall–Kier alpha value is -4.89. The van der Waals surface area contributed by atoms with Crippen molar-refractivity contribution >= 4 is 39.3 Å². The number of hydrogen-bond acceptors (Lipinski definition) is 7. The lowest BCUT2D eigenvalue weighted by Crippen LogP contribution is -2.51. The summed E-state index contributed by atoms with van der Waals surface area (Å²) in [5.74, 6) is 0.114. The van der Waals surface area contributed by atoms with E-state index >= 15 is 0 Å². The van der Waals surface area contributed by atoms with Crippen molar-refractivity contribution in [2.24, 2.45) is 5.73 Å². The molecule has 0 bridgehead atoms. The second kappa shape index (κ2) is 17.0. The summed E-state index contributed by atoms with van der Waals surface area (Å²) in [4.78, 5) is 37.6. The van der Waals surface area contributed by atoms with Gasteiger partial charge in [0.1, 0.15) is 30.2 Å². The zero-order chi connectivity index (χ0) is 32.9. The molecule has 2 atom stereocenters. The van der Waals surface area contributed by atoms with Crippen molar-refractivity contribution in [1.29, 1.82) is 0 Å². The van der Waals surface area contributed by atoms with Gasteiger partial charge in [-0.1, -0.05) is 73.3 Å². The smallest absolute Gasteiger partial charge is 0.328 e. The fraction of sp³-hybridized carbons (Fsp3) is 0.324. The van der Waals surface area contributed by atoms with Crippen molar-refractivity contribution in [2.75, 3.05) is 26.9 Å². The summed E-state index contributed by atoms with van der Waals surface area (Å²) < 4.78 is 17.2. The molecule has 0 fully saturated rings. The first kappa shape index (κ1) is 34.0. The van der Waals surface area contributed by atoms with Crippen molar-refractivity contribution in [2.45, 2.75) is 51.1 Å². The standard InChI is InChI=1S/C37H43N3O6/c1-4-23-45-31-20-18-26-12-5-7-14-28(26)34(31)35-29-15-8-6-13-27(29)19-21-32(35)46-24-11-17-33(41)40-30(16-9-10-22-38)36(42)39-25(2)37(43)44-3/h4-8,12-15,18-21,25,30H,1,9-11,16-17,22-24,38H2,2-3H3,(H,39,42)(H,40,41)/t25?,30-/m1/s1. The molecular formula is C37H43N3O6. The number of carbonyl (C=O) groups excluding carboxylic acids is 3. The average Bonchev–Trinajstić information content (AvgIpc) is 3.08. The Bertz CT molecular complexity index is 1670. The maximum Gasteiger partial charge on any atom is 0.328 e. The molecule has 9 heteroatoms. The highest BCUT2D eigenvalue weighted by atomic mass is 16.5. The highest BCUT2D eigenvalue weighted by molar-refractivity contribution is 6.09. The number of fused-ring (bicyclic) bond motifs is 2. The van der Waals surface area contributed by atoms with Gasteiger partial charge in [0.25, 0.3) is 0 Å². The second-order valence-electron chi connectivity index (χ2n) is 11.0. The van der Waals surface area contributed by atoms with Gasteiger partial charge in [-0.15, -0.1) is 0 Å². The van der Waals surface area contributed by atoms with Crippen LogP contribution in [-0.4, -0.2) is 56.7 Å². The van der Waals surface area contributed by atoms with Crippen LogP contribution in [0.15, 0.2) is 85.5 Å². The maximum absolute atomic E-state index is 12.9. The number of ether oxygens (including phenoxy) is 3. The van der Waals surface area contributed by atoms with Crippen molar-refractivity contribution in [3.05, 3.63) is 85.5 Å². The molecule has 0 aromatic heterocycles. The van der Waals surface area contributed by atoms with Gasteiger partial charge >= 0.3 is 5.97 Å². The largest absolute Gasteiger partial charge is 0.493 e. The third-order valence-electron chi connectivity index (χ3n) is 7.71. The molecule has 4 rings (SSSR count). The van der Waals surface area contributed by atoms with Gasteiger partial charge in [0, 0.05) is 17.5 Å². The van der Waals surface area contributed by atoms with Gasteiger partial charge in [0.2, 0.25) is 11.8 Å². The Kier molecular flexibility index (Phi) is 12.5. The van der Waals surface area contributed by atoms with Crippen LogP contribution in [0, 0.1) is 0 Å². The van der Waals surface area contributed by atoms with E-state index in [2.05, 4.69) is 41.5 Å². The fourth-order valence-corrected chi connectivity index (χ4v) is 5.40. The molecule has 4 aromatic rings. The Morgan fingerprint density at radius 3 is 2.02 bits per heavy atom. The molecule has 0 spiro atoms. The molecule has 0 aliphatic rings. The molecule has 4 N–H and O–H groups in total. The second-order valence-corrected chi connectivity index (χ2v) is 11.0. The van der Waals surface area contributed by atoms with E-state index in [0.717, 1.165) is 38.4 Å². The lowest BCUT2D eigenvalue weighted by Gasteiger charge is -2.21. The molecule has 46 heavy (non-hydrogen) atoms. The first-order valence-electron chi connectivity index (χ1n) is 15.7. The number of rotatable bonds is 17. The van der Waals surface area contributed by atoms with Crippen LogP contribution < -0.4 is 25.8 Å². The topological polar surface area (TPSA) is 129 Å². The van der Waals surface area contributed by atoms with Gasteiger partial charge in [-0.05, 0) is 72.8 Å². The van der Waals surface area contributed by atoms with Crippen molar-refractivity contribution in [3.8, 4) is 22.6 Å². The fourth-order valence-electron chi connectivity index (χ4n) is 5.40. The number of esters is 1. The predicted molar refractivity (Wildman–Crippen MR) is 182 cm³/mol. The van der Waals surface area contributed by atoms with E-state index in [9.17, 15) is 14.4 Å².